The van der Waals surface area contributed by atoms with Gasteiger partial charge in [-0.15, -0.1) is 0 Å². The van der Waals surface area contributed by atoms with E-state index < -0.39 is 17.7 Å². The number of hydrogen-bond acceptors (Lipinski definition) is 1. The zero-order valence-electron chi connectivity index (χ0n) is 7.93. The molecule has 1 aliphatic rings. The highest BCUT2D eigenvalue weighted by atomic mass is 19.4. The molecular weight excluding hydrogens is 193 g/mol. The van der Waals surface area contributed by atoms with E-state index in [1.165, 1.54) is 6.08 Å². The molecule has 0 aliphatic heterocycles. The van der Waals surface area contributed by atoms with Crippen molar-refractivity contribution < 1.29 is 18.3 Å². The van der Waals surface area contributed by atoms with Gasteiger partial charge in [0.15, 0.2) is 0 Å². The van der Waals surface area contributed by atoms with Gasteiger partial charge in [0.2, 0.25) is 0 Å². The van der Waals surface area contributed by atoms with E-state index in [0.29, 0.717) is 5.57 Å². The molecule has 0 spiro atoms. The second kappa shape index (κ2) is 3.42. The molecule has 1 N–H and O–H groups in total. The Kier molecular flexibility index (Phi) is 2.76. The van der Waals surface area contributed by atoms with Crippen molar-refractivity contribution in [2.45, 2.75) is 31.5 Å². The van der Waals surface area contributed by atoms with Crippen molar-refractivity contribution in [3.63, 3.8) is 0 Å². The molecule has 0 radical (unpaired) electrons. The van der Waals surface area contributed by atoms with Crippen molar-refractivity contribution in [1.82, 2.24) is 0 Å². The Morgan fingerprint density at radius 1 is 1.57 bits per heavy atom. The average molecular weight is 206 g/mol. The lowest BCUT2D eigenvalue weighted by molar-refractivity contribution is -0.166. The normalized spacial score (nSPS) is 33.1. The molecule has 0 saturated heterocycles. The Morgan fingerprint density at radius 2 is 2.14 bits per heavy atom. The molecule has 0 saturated carbocycles. The number of hydrogen-bond donors (Lipinski definition) is 1. The minimum absolute atomic E-state index is 0.0800. The lowest BCUT2D eigenvalue weighted by Gasteiger charge is -2.32. The minimum Gasteiger partial charge on any atom is -0.381 e. The van der Waals surface area contributed by atoms with Gasteiger partial charge >= 0.3 is 6.18 Å². The number of aliphatic hydroxyl groups is 1. The Labute approximate surface area is 80.9 Å². The first-order valence-corrected chi connectivity index (χ1v) is 4.40. The average Bonchev–Trinajstić information content (AvgIpc) is 2.03. The number of alkyl halides is 3. The number of rotatable bonds is 1. The van der Waals surface area contributed by atoms with Crippen LogP contribution in [0.1, 0.15) is 19.8 Å². The third kappa shape index (κ3) is 2.18. The highest BCUT2D eigenvalue weighted by molar-refractivity contribution is 5.23. The Bertz CT molecular complexity index is 267. The molecule has 0 aromatic heterocycles. The van der Waals surface area contributed by atoms with Crippen LogP contribution in [0, 0.1) is 5.92 Å². The van der Waals surface area contributed by atoms with Crippen molar-refractivity contribution in [1.29, 1.82) is 0 Å². The zero-order chi connectivity index (χ0) is 11.0. The molecule has 80 valence electrons. The van der Waals surface area contributed by atoms with Crippen molar-refractivity contribution >= 4 is 0 Å². The molecule has 0 heterocycles. The summed E-state index contributed by atoms with van der Waals surface area (Å²) >= 11 is 0. The molecule has 0 fully saturated rings. The highest BCUT2D eigenvalue weighted by Gasteiger charge is 2.42. The van der Waals surface area contributed by atoms with Gasteiger partial charge in [-0.1, -0.05) is 18.7 Å². The third-order valence-electron chi connectivity index (χ3n) is 2.60. The summed E-state index contributed by atoms with van der Waals surface area (Å²) < 4.78 is 36.7. The van der Waals surface area contributed by atoms with Crippen LogP contribution >= 0.6 is 0 Å². The van der Waals surface area contributed by atoms with Gasteiger partial charge in [0.1, 0.15) is 5.60 Å². The summed E-state index contributed by atoms with van der Waals surface area (Å²) in [6.45, 7) is 5.16. The fourth-order valence-electron chi connectivity index (χ4n) is 1.46. The molecule has 0 amide bonds. The maximum absolute atomic E-state index is 12.2. The summed E-state index contributed by atoms with van der Waals surface area (Å²) in [6.07, 6.45) is -1.96. The maximum Gasteiger partial charge on any atom is 0.395 e. The molecule has 2 unspecified atom stereocenters. The fourth-order valence-corrected chi connectivity index (χ4v) is 1.46. The largest absolute Gasteiger partial charge is 0.395 e. The van der Waals surface area contributed by atoms with Crippen molar-refractivity contribution in [3.8, 4) is 0 Å². The van der Waals surface area contributed by atoms with Gasteiger partial charge in [0, 0.05) is 0 Å². The first-order chi connectivity index (χ1) is 6.26. The van der Waals surface area contributed by atoms with Crippen LogP contribution < -0.4 is 0 Å². The van der Waals surface area contributed by atoms with E-state index in [1.54, 1.807) is 6.92 Å². The van der Waals surface area contributed by atoms with Crippen LogP contribution in [-0.2, 0) is 0 Å². The Morgan fingerprint density at radius 3 is 2.43 bits per heavy atom. The summed E-state index contributed by atoms with van der Waals surface area (Å²) in [5.41, 5.74) is -0.767. The van der Waals surface area contributed by atoms with Crippen LogP contribution in [0.15, 0.2) is 24.3 Å². The Hall–Kier alpha value is -0.770. The van der Waals surface area contributed by atoms with Gasteiger partial charge in [0.25, 0.3) is 0 Å². The molecule has 1 nitrogen and oxygen atoms in total. The van der Waals surface area contributed by atoms with Crippen LogP contribution in [0.3, 0.4) is 0 Å². The maximum atomic E-state index is 12.2. The van der Waals surface area contributed by atoms with Crippen molar-refractivity contribution in [2.24, 2.45) is 5.92 Å². The van der Waals surface area contributed by atoms with E-state index in [9.17, 15) is 18.3 Å². The molecule has 2 atom stereocenters. The molecule has 1 rings (SSSR count). The minimum atomic E-state index is -4.20. The van der Waals surface area contributed by atoms with Crippen LogP contribution in [0.5, 0.6) is 0 Å². The summed E-state index contributed by atoms with van der Waals surface area (Å²) in [5, 5.41) is 9.78. The van der Waals surface area contributed by atoms with Gasteiger partial charge in [-0.3, -0.25) is 0 Å². The molecule has 1 aliphatic carbocycles. The van der Waals surface area contributed by atoms with Gasteiger partial charge in [-0.25, -0.2) is 0 Å². The summed E-state index contributed by atoms with van der Waals surface area (Å²) in [7, 11) is 0. The second-order valence-corrected chi connectivity index (χ2v) is 3.75. The monoisotopic (exact) mass is 206 g/mol. The second-order valence-electron chi connectivity index (χ2n) is 3.75. The van der Waals surface area contributed by atoms with E-state index in [-0.39, 0.29) is 12.8 Å². The zero-order valence-corrected chi connectivity index (χ0v) is 7.93. The quantitative estimate of drug-likeness (QED) is 0.654. The smallest absolute Gasteiger partial charge is 0.381 e. The molecule has 0 aromatic rings. The third-order valence-corrected chi connectivity index (χ3v) is 2.60. The summed E-state index contributed by atoms with van der Waals surface area (Å²) in [6, 6.07) is 0. The van der Waals surface area contributed by atoms with Gasteiger partial charge in [-0.2, -0.15) is 13.2 Å². The topological polar surface area (TPSA) is 20.2 Å². The van der Waals surface area contributed by atoms with Crippen LogP contribution in [0.25, 0.3) is 0 Å². The SMILES string of the molecule is C=C(C)C1(O)C=CC(C(F)(F)F)CC1. The highest BCUT2D eigenvalue weighted by Crippen LogP contribution is 2.38. The van der Waals surface area contributed by atoms with Gasteiger partial charge in [0.05, 0.1) is 5.92 Å². The van der Waals surface area contributed by atoms with Crippen molar-refractivity contribution in [2.75, 3.05) is 0 Å². The van der Waals surface area contributed by atoms with Crippen molar-refractivity contribution in [3.05, 3.63) is 24.3 Å². The first kappa shape index (κ1) is 11.3. The summed E-state index contributed by atoms with van der Waals surface area (Å²) in [4.78, 5) is 0. The molecule has 4 heteroatoms. The molecule has 14 heavy (non-hydrogen) atoms. The van der Waals surface area contributed by atoms with Crippen LogP contribution in [-0.4, -0.2) is 16.9 Å². The van der Waals surface area contributed by atoms with E-state index in [0.717, 1.165) is 6.08 Å². The van der Waals surface area contributed by atoms with Crippen LogP contribution in [0.4, 0.5) is 13.2 Å². The first-order valence-electron chi connectivity index (χ1n) is 4.40. The van der Waals surface area contributed by atoms with E-state index in [2.05, 4.69) is 6.58 Å². The summed E-state index contributed by atoms with van der Waals surface area (Å²) in [5.74, 6) is -1.43. The van der Waals surface area contributed by atoms with Crippen LogP contribution in [0.2, 0.25) is 0 Å². The number of allylic oxidation sites excluding steroid dienone is 1. The van der Waals surface area contributed by atoms with Gasteiger partial charge < -0.3 is 5.11 Å². The number of halogens is 3. The predicted octanol–water partition coefficient (Wildman–Crippen LogP) is 2.82. The molecular formula is C10H13F3O. The fraction of sp³-hybridized carbons (Fsp3) is 0.600. The van der Waals surface area contributed by atoms with E-state index in [1.807, 2.05) is 0 Å². The Balaban J connectivity index is 2.79. The standard InChI is InChI=1S/C10H13F3O/c1-7(2)9(14)5-3-8(4-6-9)10(11,12)13/h3,5,8,14H,1,4,6H2,2H3. The van der Waals surface area contributed by atoms with Gasteiger partial charge in [-0.05, 0) is 25.3 Å². The lowest BCUT2D eigenvalue weighted by atomic mass is 9.81. The molecule has 0 bridgehead atoms. The predicted molar refractivity (Wildman–Crippen MR) is 47.7 cm³/mol. The lowest BCUT2D eigenvalue weighted by Crippen LogP contribution is -2.34. The molecule has 0 aromatic carbocycles. The van der Waals surface area contributed by atoms with E-state index in [4.69, 9.17) is 0 Å². The van der Waals surface area contributed by atoms with E-state index >= 15 is 0 Å².